The third-order valence-electron chi connectivity index (χ3n) is 0.483. The monoisotopic (exact) mass is 202 g/mol. The Hall–Kier alpha value is -1.08. The molecule has 0 atom stereocenters. The fourth-order valence-electron chi connectivity index (χ4n) is 0.156. The maximum absolute atomic E-state index is 11.0. The second-order valence-electron chi connectivity index (χ2n) is 1.52. The number of aliphatic hydroxyl groups is 2. The van der Waals surface area contributed by atoms with Gasteiger partial charge in [-0.25, -0.2) is 4.79 Å². The fraction of sp³-hybridized carbons (Fsp3) is 0.500. The minimum Gasteiger partial charge on any atom is -0.394 e. The van der Waals surface area contributed by atoms with Crippen molar-refractivity contribution >= 4 is 5.97 Å². The quantitative estimate of drug-likeness (QED) is 0.496. The molecule has 7 heteroatoms. The zero-order valence-electron chi connectivity index (χ0n) is 6.54. The highest BCUT2D eigenvalue weighted by molar-refractivity contribution is 5.81. The number of aliphatic hydroxyl groups excluding tert-OH is 2. The molecule has 0 aromatic heterocycles. The van der Waals surface area contributed by atoms with E-state index in [0.717, 1.165) is 0 Å². The van der Waals surface area contributed by atoms with Crippen LogP contribution in [-0.4, -0.2) is 35.8 Å². The van der Waals surface area contributed by atoms with Gasteiger partial charge in [-0.05, 0) is 0 Å². The molecular weight excluding hydrogens is 193 g/mol. The van der Waals surface area contributed by atoms with Crippen molar-refractivity contribution in [2.45, 2.75) is 6.36 Å². The van der Waals surface area contributed by atoms with Crippen molar-refractivity contribution in [2.24, 2.45) is 0 Å². The third-order valence-corrected chi connectivity index (χ3v) is 0.483. The third kappa shape index (κ3) is 18.1. The first-order valence-corrected chi connectivity index (χ1v) is 3.01. The number of ether oxygens (including phenoxy) is 1. The zero-order valence-corrected chi connectivity index (χ0v) is 6.54. The predicted molar refractivity (Wildman–Crippen MR) is 36.5 cm³/mol. The van der Waals surface area contributed by atoms with Gasteiger partial charge >= 0.3 is 12.3 Å². The lowest BCUT2D eigenvalue weighted by molar-refractivity contribution is -0.302. The molecule has 0 radical (unpaired) electrons. The molecule has 0 aromatic carbocycles. The summed E-state index contributed by atoms with van der Waals surface area (Å²) in [5, 5.41) is 15.2. The summed E-state index contributed by atoms with van der Waals surface area (Å²) in [7, 11) is 0. The van der Waals surface area contributed by atoms with Crippen LogP contribution in [0.4, 0.5) is 13.2 Å². The van der Waals surface area contributed by atoms with Crippen LogP contribution < -0.4 is 0 Å². The van der Waals surface area contributed by atoms with E-state index in [1.54, 1.807) is 0 Å². The summed E-state index contributed by atoms with van der Waals surface area (Å²) >= 11 is 0. The highest BCUT2D eigenvalue weighted by Crippen LogP contribution is 2.15. The summed E-state index contributed by atoms with van der Waals surface area (Å²) in [6.45, 7) is 2.52. The Balaban J connectivity index is 0. The Labute approximate surface area is 72.2 Å². The van der Waals surface area contributed by atoms with Crippen LogP contribution in [0.2, 0.25) is 0 Å². The van der Waals surface area contributed by atoms with Crippen LogP contribution in [0.3, 0.4) is 0 Å². The molecule has 0 spiro atoms. The first kappa shape index (κ1) is 14.4. The molecule has 0 aliphatic rings. The molecule has 2 N–H and O–H groups in total. The van der Waals surface area contributed by atoms with Crippen molar-refractivity contribution in [3.8, 4) is 0 Å². The van der Waals surface area contributed by atoms with Crippen LogP contribution in [0.25, 0.3) is 0 Å². The number of carbonyl (C=O) groups is 1. The van der Waals surface area contributed by atoms with Gasteiger partial charge in [0.15, 0.2) is 0 Å². The SMILES string of the molecule is C=CC(=O)OC(F)(F)F.OCCO. The van der Waals surface area contributed by atoms with E-state index in [9.17, 15) is 18.0 Å². The van der Waals surface area contributed by atoms with Crippen molar-refractivity contribution in [1.82, 2.24) is 0 Å². The zero-order chi connectivity index (χ0) is 10.9. The van der Waals surface area contributed by atoms with Gasteiger partial charge in [0.2, 0.25) is 0 Å². The van der Waals surface area contributed by atoms with Crippen molar-refractivity contribution < 1.29 is 32.9 Å². The highest BCUT2D eigenvalue weighted by Gasteiger charge is 2.32. The maximum atomic E-state index is 11.0. The molecule has 13 heavy (non-hydrogen) atoms. The van der Waals surface area contributed by atoms with E-state index < -0.39 is 12.3 Å². The van der Waals surface area contributed by atoms with Gasteiger partial charge in [-0.2, -0.15) is 0 Å². The Bertz CT molecular complexity index is 152. The van der Waals surface area contributed by atoms with Gasteiger partial charge in [0, 0.05) is 6.08 Å². The normalized spacial score (nSPS) is 9.62. The van der Waals surface area contributed by atoms with E-state index >= 15 is 0 Å². The Morgan fingerprint density at radius 1 is 1.38 bits per heavy atom. The highest BCUT2D eigenvalue weighted by atomic mass is 19.4. The Kier molecular flexibility index (Phi) is 8.40. The van der Waals surface area contributed by atoms with Crippen LogP contribution in [0.1, 0.15) is 0 Å². The number of halogens is 3. The smallest absolute Gasteiger partial charge is 0.394 e. The summed E-state index contributed by atoms with van der Waals surface area (Å²) in [5.74, 6) is -1.50. The molecule has 0 saturated heterocycles. The van der Waals surface area contributed by atoms with E-state index in [0.29, 0.717) is 6.08 Å². The second kappa shape index (κ2) is 7.56. The second-order valence-corrected chi connectivity index (χ2v) is 1.52. The van der Waals surface area contributed by atoms with Crippen molar-refractivity contribution in [3.63, 3.8) is 0 Å². The molecule has 0 aliphatic heterocycles. The molecule has 0 saturated carbocycles. The molecule has 4 nitrogen and oxygen atoms in total. The molecule has 0 fully saturated rings. The standard InChI is InChI=1S/C4H3F3O2.C2H6O2/c1-2-3(8)9-4(5,6)7;3-1-2-4/h2H,1H2;3-4H,1-2H2. The molecule has 0 bridgehead atoms. The maximum Gasteiger partial charge on any atom is 0.575 e. The number of rotatable bonds is 2. The topological polar surface area (TPSA) is 66.8 Å². The van der Waals surface area contributed by atoms with Gasteiger partial charge in [0.1, 0.15) is 0 Å². The summed E-state index contributed by atoms with van der Waals surface area (Å²) < 4.78 is 35.8. The average molecular weight is 202 g/mol. The Morgan fingerprint density at radius 3 is 1.85 bits per heavy atom. The number of hydrogen-bond donors (Lipinski definition) is 2. The van der Waals surface area contributed by atoms with Crippen LogP contribution in [0.5, 0.6) is 0 Å². The summed E-state index contributed by atoms with van der Waals surface area (Å²) in [5.41, 5.74) is 0. The summed E-state index contributed by atoms with van der Waals surface area (Å²) in [6, 6.07) is 0. The van der Waals surface area contributed by atoms with E-state index in [1.165, 1.54) is 0 Å². The first-order chi connectivity index (χ1) is 5.87. The van der Waals surface area contributed by atoms with E-state index in [1.807, 2.05) is 0 Å². The lowest BCUT2D eigenvalue weighted by atomic mass is 10.7. The molecule has 0 aromatic rings. The minimum atomic E-state index is -4.90. The van der Waals surface area contributed by atoms with Crippen molar-refractivity contribution in [3.05, 3.63) is 12.7 Å². The molecule has 0 amide bonds. The lowest BCUT2D eigenvalue weighted by Crippen LogP contribution is -2.17. The molecule has 0 heterocycles. The van der Waals surface area contributed by atoms with Crippen LogP contribution in [-0.2, 0) is 9.53 Å². The molecule has 0 unspecified atom stereocenters. The van der Waals surface area contributed by atoms with E-state index in [-0.39, 0.29) is 13.2 Å². The molecular formula is C6H9F3O4. The Morgan fingerprint density at radius 2 is 1.77 bits per heavy atom. The summed E-state index contributed by atoms with van der Waals surface area (Å²) in [4.78, 5) is 9.77. The largest absolute Gasteiger partial charge is 0.575 e. The average Bonchev–Trinajstić information content (AvgIpc) is 2.02. The van der Waals surface area contributed by atoms with Crippen LogP contribution >= 0.6 is 0 Å². The predicted octanol–water partition coefficient (Wildman–Crippen LogP) is 0.206. The summed E-state index contributed by atoms with van der Waals surface area (Å²) in [6.07, 6.45) is -4.46. The van der Waals surface area contributed by atoms with Crippen LogP contribution in [0.15, 0.2) is 12.7 Å². The molecule has 78 valence electrons. The van der Waals surface area contributed by atoms with Gasteiger partial charge in [0.05, 0.1) is 13.2 Å². The lowest BCUT2D eigenvalue weighted by Gasteiger charge is -2.02. The number of esters is 1. The number of hydrogen-bond acceptors (Lipinski definition) is 4. The van der Waals surface area contributed by atoms with Crippen molar-refractivity contribution in [2.75, 3.05) is 13.2 Å². The first-order valence-electron chi connectivity index (χ1n) is 3.01. The van der Waals surface area contributed by atoms with Gasteiger partial charge in [0.25, 0.3) is 0 Å². The number of alkyl halides is 3. The minimum absolute atomic E-state index is 0.125. The van der Waals surface area contributed by atoms with E-state index in [2.05, 4.69) is 11.3 Å². The molecule has 0 rings (SSSR count). The van der Waals surface area contributed by atoms with Crippen LogP contribution in [0, 0.1) is 0 Å². The fourth-order valence-corrected chi connectivity index (χ4v) is 0.156. The van der Waals surface area contributed by atoms with Gasteiger partial charge in [-0.3, -0.25) is 0 Å². The van der Waals surface area contributed by atoms with Gasteiger partial charge in [-0.15, -0.1) is 13.2 Å². The molecule has 0 aliphatic carbocycles. The van der Waals surface area contributed by atoms with Gasteiger partial charge in [-0.1, -0.05) is 6.58 Å². The van der Waals surface area contributed by atoms with E-state index in [4.69, 9.17) is 10.2 Å². The van der Waals surface area contributed by atoms with Gasteiger partial charge < -0.3 is 14.9 Å². The van der Waals surface area contributed by atoms with Crippen molar-refractivity contribution in [1.29, 1.82) is 0 Å². The number of carbonyl (C=O) groups excluding carboxylic acids is 1.